The number of amides is 2. The highest BCUT2D eigenvalue weighted by atomic mass is 32.2. The molecule has 42 heavy (non-hydrogen) atoms. The highest BCUT2D eigenvalue weighted by Gasteiger charge is 2.38. The third-order valence-electron chi connectivity index (χ3n) is 7.47. The van der Waals surface area contributed by atoms with Gasteiger partial charge in [-0.25, -0.2) is 13.2 Å². The monoisotopic (exact) mass is 611 g/mol. The molecule has 2 fully saturated rings. The maximum atomic E-state index is 13.0. The molecule has 0 unspecified atom stereocenters. The summed E-state index contributed by atoms with van der Waals surface area (Å²) in [6, 6.07) is 13.4. The van der Waals surface area contributed by atoms with Crippen LogP contribution in [0.15, 0.2) is 53.4 Å². The Labute approximate surface area is 243 Å². The van der Waals surface area contributed by atoms with E-state index >= 15 is 0 Å². The van der Waals surface area contributed by atoms with Gasteiger partial charge in [0.1, 0.15) is 0 Å². The zero-order chi connectivity index (χ0) is 31.1. The molecule has 4 rings (SSSR count). The molecule has 0 aromatic heterocycles. The lowest BCUT2D eigenvalue weighted by molar-refractivity contribution is -0.192. The summed E-state index contributed by atoms with van der Waals surface area (Å²) in [4.78, 5) is 36.5. The number of hydrogen-bond donors (Lipinski definition) is 3. The van der Waals surface area contributed by atoms with Gasteiger partial charge in [0.2, 0.25) is 5.91 Å². The number of hydrogen-bond acceptors (Lipinski definition) is 5. The zero-order valence-electron chi connectivity index (χ0n) is 23.5. The molecule has 3 N–H and O–H groups in total. The largest absolute Gasteiger partial charge is 0.490 e. The molecule has 2 aromatic rings. The number of benzene rings is 2. The topological polar surface area (TPSA) is 133 Å². The minimum Gasteiger partial charge on any atom is -0.475 e. The number of likely N-dealkylation sites (tertiary alicyclic amines) is 1. The molecule has 0 radical (unpaired) electrons. The average molecular weight is 612 g/mol. The van der Waals surface area contributed by atoms with Crippen molar-refractivity contribution >= 4 is 33.5 Å². The smallest absolute Gasteiger partial charge is 0.475 e. The van der Waals surface area contributed by atoms with E-state index in [0.29, 0.717) is 43.2 Å². The quantitative estimate of drug-likeness (QED) is 0.422. The molecule has 1 saturated heterocycles. The first-order chi connectivity index (χ1) is 19.7. The number of carbonyl (C=O) groups is 3. The van der Waals surface area contributed by atoms with Gasteiger partial charge in [0, 0.05) is 36.3 Å². The normalized spacial score (nSPS) is 19.7. The maximum absolute atomic E-state index is 13.0. The Kier molecular flexibility index (Phi) is 11.0. The number of aryl methyl sites for hydroxylation is 1. The Morgan fingerprint density at radius 2 is 1.40 bits per heavy atom. The van der Waals surface area contributed by atoms with Gasteiger partial charge >= 0.3 is 12.1 Å². The summed E-state index contributed by atoms with van der Waals surface area (Å²) in [7, 11) is -3.69. The van der Waals surface area contributed by atoms with Gasteiger partial charge in [0.25, 0.3) is 15.9 Å². The van der Waals surface area contributed by atoms with Gasteiger partial charge in [-0.15, -0.1) is 0 Å². The third kappa shape index (κ3) is 9.47. The Balaban J connectivity index is 0.000000616. The Morgan fingerprint density at radius 3 is 1.90 bits per heavy atom. The van der Waals surface area contributed by atoms with Gasteiger partial charge in [-0.05, 0) is 87.8 Å². The van der Waals surface area contributed by atoms with E-state index in [0.717, 1.165) is 24.3 Å². The number of carbonyl (C=O) groups excluding carboxylic acids is 2. The predicted octanol–water partition coefficient (Wildman–Crippen LogP) is 4.98. The molecule has 1 aliphatic carbocycles. The van der Waals surface area contributed by atoms with Gasteiger partial charge in [0.05, 0.1) is 4.90 Å². The molecular formula is C29H36F3N3O6S. The number of rotatable bonds is 6. The van der Waals surface area contributed by atoms with Crippen molar-refractivity contribution in [3.63, 3.8) is 0 Å². The Bertz CT molecular complexity index is 1330. The highest BCUT2D eigenvalue weighted by Crippen LogP contribution is 2.25. The number of anilines is 1. The van der Waals surface area contributed by atoms with E-state index in [1.54, 1.807) is 53.4 Å². The number of sulfonamides is 1. The molecule has 9 nitrogen and oxygen atoms in total. The fourth-order valence-electron chi connectivity index (χ4n) is 4.86. The van der Waals surface area contributed by atoms with Crippen LogP contribution in [0.4, 0.5) is 18.9 Å². The summed E-state index contributed by atoms with van der Waals surface area (Å²) < 4.78 is 59.5. The van der Waals surface area contributed by atoms with Crippen molar-refractivity contribution in [1.29, 1.82) is 0 Å². The fourth-order valence-corrected chi connectivity index (χ4v) is 5.92. The van der Waals surface area contributed by atoms with Gasteiger partial charge < -0.3 is 15.3 Å². The van der Waals surface area contributed by atoms with Crippen molar-refractivity contribution in [3.05, 3.63) is 59.7 Å². The lowest BCUT2D eigenvalue weighted by Gasteiger charge is -2.33. The van der Waals surface area contributed by atoms with Crippen LogP contribution in [0.3, 0.4) is 0 Å². The van der Waals surface area contributed by atoms with Crippen LogP contribution in [-0.4, -0.2) is 61.5 Å². The Hall–Kier alpha value is -3.61. The first-order valence-corrected chi connectivity index (χ1v) is 15.2. The summed E-state index contributed by atoms with van der Waals surface area (Å²) in [5.74, 6) is -2.02. The molecule has 0 atom stereocenters. The summed E-state index contributed by atoms with van der Waals surface area (Å²) >= 11 is 0. The fraction of sp³-hybridized carbons (Fsp3) is 0.483. The van der Waals surface area contributed by atoms with Crippen LogP contribution in [0.2, 0.25) is 0 Å². The molecule has 0 spiro atoms. The zero-order valence-corrected chi connectivity index (χ0v) is 24.3. The minimum atomic E-state index is -5.08. The number of halogens is 3. The van der Waals surface area contributed by atoms with E-state index in [2.05, 4.69) is 17.0 Å². The SMILES string of the molecule is Cc1ccc(S(=O)(=O)Nc2ccc(C(=O)N3CCC(C(=O)NC4CCC(C)CC4)CC3)cc2)cc1.O=C(O)C(F)(F)F. The Morgan fingerprint density at radius 1 is 0.881 bits per heavy atom. The number of alkyl halides is 3. The molecule has 1 heterocycles. The van der Waals surface area contributed by atoms with E-state index in [9.17, 15) is 31.2 Å². The van der Waals surface area contributed by atoms with Crippen LogP contribution in [0.25, 0.3) is 0 Å². The molecule has 2 amide bonds. The van der Waals surface area contributed by atoms with Gasteiger partial charge in [-0.2, -0.15) is 13.2 Å². The van der Waals surface area contributed by atoms with Crippen LogP contribution in [-0.2, 0) is 19.6 Å². The van der Waals surface area contributed by atoms with Gasteiger partial charge in [-0.3, -0.25) is 14.3 Å². The number of nitrogens with one attached hydrogen (secondary N) is 2. The number of carboxylic acid groups (broad SMARTS) is 1. The molecule has 2 aliphatic rings. The number of carboxylic acids is 1. The molecule has 230 valence electrons. The second kappa shape index (κ2) is 14.0. The van der Waals surface area contributed by atoms with Crippen LogP contribution < -0.4 is 10.0 Å². The molecule has 1 saturated carbocycles. The molecule has 2 aromatic carbocycles. The average Bonchev–Trinajstić information content (AvgIpc) is 2.94. The summed E-state index contributed by atoms with van der Waals surface area (Å²) in [6.45, 7) is 5.25. The van der Waals surface area contributed by atoms with E-state index in [-0.39, 0.29) is 22.6 Å². The van der Waals surface area contributed by atoms with Crippen molar-refractivity contribution in [1.82, 2.24) is 10.2 Å². The maximum Gasteiger partial charge on any atom is 0.490 e. The first-order valence-electron chi connectivity index (χ1n) is 13.7. The number of aliphatic carboxylic acids is 1. The van der Waals surface area contributed by atoms with E-state index < -0.39 is 22.2 Å². The summed E-state index contributed by atoms with van der Waals surface area (Å²) in [5.41, 5.74) is 1.88. The summed E-state index contributed by atoms with van der Waals surface area (Å²) in [5, 5.41) is 10.4. The lowest BCUT2D eigenvalue weighted by Crippen LogP contribution is -2.46. The van der Waals surface area contributed by atoms with Crippen LogP contribution in [0, 0.1) is 18.8 Å². The third-order valence-corrected chi connectivity index (χ3v) is 8.87. The van der Waals surface area contributed by atoms with Crippen molar-refractivity contribution in [2.45, 2.75) is 69.5 Å². The van der Waals surface area contributed by atoms with E-state index in [1.165, 1.54) is 12.8 Å². The number of nitrogens with zero attached hydrogens (tertiary/aromatic N) is 1. The lowest BCUT2D eigenvalue weighted by atomic mass is 9.86. The van der Waals surface area contributed by atoms with Crippen LogP contribution in [0.5, 0.6) is 0 Å². The van der Waals surface area contributed by atoms with Crippen molar-refractivity contribution < 1.29 is 41.1 Å². The van der Waals surface area contributed by atoms with Crippen LogP contribution in [0.1, 0.15) is 61.4 Å². The van der Waals surface area contributed by atoms with Gasteiger partial charge in [0.15, 0.2) is 0 Å². The molecular weight excluding hydrogens is 575 g/mol. The molecule has 0 bridgehead atoms. The predicted molar refractivity (Wildman–Crippen MR) is 150 cm³/mol. The van der Waals surface area contributed by atoms with Crippen molar-refractivity contribution in [2.75, 3.05) is 17.8 Å². The number of piperidine rings is 1. The second-order valence-electron chi connectivity index (χ2n) is 10.8. The summed E-state index contributed by atoms with van der Waals surface area (Å²) in [6.07, 6.45) is 0.696. The standard InChI is InChI=1S/C27H35N3O4S.C2HF3O2/c1-19-3-9-23(10-4-19)28-26(31)21-15-17-30(18-16-21)27(32)22-7-11-24(12-8-22)29-35(33,34)25-13-5-20(2)6-14-25;3-2(4,5)1(6)7/h5-8,11-14,19,21,23,29H,3-4,9-10,15-18H2,1-2H3,(H,28,31);(H,6,7). The highest BCUT2D eigenvalue weighted by molar-refractivity contribution is 7.92. The van der Waals surface area contributed by atoms with E-state index in [4.69, 9.17) is 9.90 Å². The second-order valence-corrected chi connectivity index (χ2v) is 12.5. The van der Waals surface area contributed by atoms with E-state index in [1.807, 2.05) is 6.92 Å². The van der Waals surface area contributed by atoms with Gasteiger partial charge in [-0.1, -0.05) is 24.6 Å². The molecule has 1 aliphatic heterocycles. The first kappa shape index (κ1) is 32.9. The van der Waals surface area contributed by atoms with Crippen LogP contribution >= 0.6 is 0 Å². The van der Waals surface area contributed by atoms with Crippen molar-refractivity contribution in [3.8, 4) is 0 Å². The molecule has 13 heteroatoms. The van der Waals surface area contributed by atoms with Crippen molar-refractivity contribution in [2.24, 2.45) is 11.8 Å². The minimum absolute atomic E-state index is 0.0445.